The minimum atomic E-state index is -1.21. The lowest BCUT2D eigenvalue weighted by Crippen LogP contribution is -2.65. The monoisotopic (exact) mass is 599 g/mol. The molecule has 0 aliphatic carbocycles. The molecule has 10 nitrogen and oxygen atoms in total. The van der Waals surface area contributed by atoms with Crippen molar-refractivity contribution in [2.45, 2.75) is 58.4 Å². The third-order valence-electron chi connectivity index (χ3n) is 6.76. The third kappa shape index (κ3) is 7.83. The number of amides is 3. The molecule has 1 fully saturated rings. The average molecular weight is 600 g/mol. The minimum absolute atomic E-state index is 0.0158. The Morgan fingerprint density at radius 2 is 1.41 bits per heavy atom. The molecule has 3 aromatic rings. The second-order valence-corrected chi connectivity index (χ2v) is 11.6. The van der Waals surface area contributed by atoms with Crippen molar-refractivity contribution in [3.05, 3.63) is 113 Å². The lowest BCUT2D eigenvalue weighted by molar-refractivity contribution is -0.153. The molecule has 3 amide bonds. The van der Waals surface area contributed by atoms with Gasteiger partial charge < -0.3 is 30.1 Å². The van der Waals surface area contributed by atoms with E-state index >= 15 is 0 Å². The number of hydrogen-bond acceptors (Lipinski definition) is 7. The van der Waals surface area contributed by atoms with Crippen LogP contribution in [0.1, 0.15) is 63.5 Å². The Balaban J connectivity index is 1.48. The first-order valence-electron chi connectivity index (χ1n) is 14.2. The van der Waals surface area contributed by atoms with Crippen molar-refractivity contribution in [1.29, 1.82) is 0 Å². The third-order valence-corrected chi connectivity index (χ3v) is 6.76. The summed E-state index contributed by atoms with van der Waals surface area (Å²) in [7, 11) is 0. The number of alkyl carbamates (subject to hydrolysis) is 1. The number of benzene rings is 3. The first-order chi connectivity index (χ1) is 20.8. The fourth-order valence-electron chi connectivity index (χ4n) is 4.71. The molecule has 2 atom stereocenters. The highest BCUT2D eigenvalue weighted by Gasteiger charge is 2.44. The van der Waals surface area contributed by atoms with Gasteiger partial charge in [-0.3, -0.25) is 9.59 Å². The normalized spacial score (nSPS) is 15.1. The highest BCUT2D eigenvalue weighted by atomic mass is 16.6. The number of phenolic OH excluding ortho intramolecular Hbond substituents is 1. The number of esters is 1. The van der Waals surface area contributed by atoms with E-state index in [1.54, 1.807) is 34.6 Å². The van der Waals surface area contributed by atoms with Crippen LogP contribution in [-0.2, 0) is 23.9 Å². The van der Waals surface area contributed by atoms with Crippen LogP contribution in [0.25, 0.3) is 0 Å². The summed E-state index contributed by atoms with van der Waals surface area (Å²) >= 11 is 0. The van der Waals surface area contributed by atoms with Crippen LogP contribution in [0.5, 0.6) is 5.75 Å². The van der Waals surface area contributed by atoms with Crippen LogP contribution in [0.15, 0.2) is 96.2 Å². The highest BCUT2D eigenvalue weighted by Crippen LogP contribution is 2.30. The van der Waals surface area contributed by atoms with E-state index in [9.17, 15) is 24.3 Å². The van der Waals surface area contributed by atoms with Gasteiger partial charge in [-0.15, -0.1) is 0 Å². The zero-order valence-corrected chi connectivity index (χ0v) is 25.4. The van der Waals surface area contributed by atoms with Crippen LogP contribution in [0.4, 0.5) is 4.79 Å². The SMILES string of the molecule is CC(C)=C(C(=O)OC(c1ccccc1)c1ccccc1)N1CC(NC(=O)C(NC(=O)OC(C)(C)C)c2ccc(O)cc2)C1=O. The Morgan fingerprint density at radius 3 is 1.89 bits per heavy atom. The van der Waals surface area contributed by atoms with E-state index in [-0.39, 0.29) is 18.0 Å². The number of nitrogens with one attached hydrogen (secondary N) is 2. The molecule has 0 spiro atoms. The Hall–Kier alpha value is -5.12. The van der Waals surface area contributed by atoms with E-state index in [0.717, 1.165) is 11.1 Å². The van der Waals surface area contributed by atoms with E-state index in [2.05, 4.69) is 10.6 Å². The molecule has 1 aliphatic rings. The number of ether oxygens (including phenoxy) is 2. The first-order valence-corrected chi connectivity index (χ1v) is 14.2. The fraction of sp³-hybridized carbons (Fsp3) is 0.294. The van der Waals surface area contributed by atoms with Crippen molar-refractivity contribution >= 4 is 23.9 Å². The fourth-order valence-corrected chi connectivity index (χ4v) is 4.71. The van der Waals surface area contributed by atoms with Gasteiger partial charge in [0, 0.05) is 0 Å². The number of aromatic hydroxyl groups is 1. The van der Waals surface area contributed by atoms with Gasteiger partial charge >= 0.3 is 12.1 Å². The number of β-lactam (4-membered cyclic amide) rings is 1. The molecule has 3 N–H and O–H groups in total. The minimum Gasteiger partial charge on any atom is -0.508 e. The van der Waals surface area contributed by atoms with Gasteiger partial charge in [-0.25, -0.2) is 9.59 Å². The molecule has 4 rings (SSSR count). The number of carbonyl (C=O) groups is 4. The van der Waals surface area contributed by atoms with Crippen LogP contribution in [0.3, 0.4) is 0 Å². The molecule has 2 unspecified atom stereocenters. The van der Waals surface area contributed by atoms with Gasteiger partial charge in [-0.05, 0) is 69.0 Å². The summed E-state index contributed by atoms with van der Waals surface area (Å²) in [6, 6.07) is 22.2. The number of allylic oxidation sites excluding steroid dienone is 1. The summed E-state index contributed by atoms with van der Waals surface area (Å²) < 4.78 is 11.3. The molecule has 10 heteroatoms. The number of carbonyl (C=O) groups excluding carboxylic acids is 4. The maximum absolute atomic E-state index is 13.6. The van der Waals surface area contributed by atoms with Gasteiger partial charge in [-0.1, -0.05) is 72.8 Å². The van der Waals surface area contributed by atoms with Gasteiger partial charge in [0.15, 0.2) is 6.10 Å². The quantitative estimate of drug-likeness (QED) is 0.181. The predicted octanol–water partition coefficient (Wildman–Crippen LogP) is 4.91. The molecule has 1 saturated heterocycles. The molecule has 0 saturated carbocycles. The van der Waals surface area contributed by atoms with Crippen molar-refractivity contribution in [3.63, 3.8) is 0 Å². The molecule has 0 bridgehead atoms. The van der Waals surface area contributed by atoms with Gasteiger partial charge in [0.1, 0.15) is 29.1 Å². The van der Waals surface area contributed by atoms with Crippen molar-refractivity contribution in [2.75, 3.05) is 6.54 Å². The van der Waals surface area contributed by atoms with Gasteiger partial charge in [0.2, 0.25) is 5.91 Å². The van der Waals surface area contributed by atoms with Crippen molar-refractivity contribution < 1.29 is 33.8 Å². The van der Waals surface area contributed by atoms with Crippen LogP contribution in [0.2, 0.25) is 0 Å². The summed E-state index contributed by atoms with van der Waals surface area (Å²) in [4.78, 5) is 54.1. The van der Waals surface area contributed by atoms with Crippen molar-refractivity contribution in [1.82, 2.24) is 15.5 Å². The number of nitrogens with zero attached hydrogens (tertiary/aromatic N) is 1. The maximum atomic E-state index is 13.6. The zero-order valence-electron chi connectivity index (χ0n) is 25.4. The molecular formula is C34H37N3O7. The van der Waals surface area contributed by atoms with E-state index in [1.807, 2.05) is 60.7 Å². The van der Waals surface area contributed by atoms with Crippen molar-refractivity contribution in [2.24, 2.45) is 0 Å². The average Bonchev–Trinajstić information content (AvgIpc) is 2.98. The van der Waals surface area contributed by atoms with E-state index in [1.165, 1.54) is 29.2 Å². The summed E-state index contributed by atoms with van der Waals surface area (Å²) in [6.07, 6.45) is -1.52. The summed E-state index contributed by atoms with van der Waals surface area (Å²) in [5, 5.41) is 14.9. The highest BCUT2D eigenvalue weighted by molar-refractivity contribution is 6.01. The topological polar surface area (TPSA) is 134 Å². The standard InChI is InChI=1S/C34H37N3O7/c1-21(2)28(32(41)43-29(23-12-8-6-9-13-23)24-14-10-7-11-15-24)37-20-26(31(37)40)35-30(39)27(22-16-18-25(38)19-17-22)36-33(42)44-34(3,4)5/h6-19,26-27,29,38H,20H2,1-5H3,(H,35,39)(H,36,42). The summed E-state index contributed by atoms with van der Waals surface area (Å²) in [6.45, 7) is 8.52. The second-order valence-electron chi connectivity index (χ2n) is 11.6. The van der Waals surface area contributed by atoms with Gasteiger partial charge in [-0.2, -0.15) is 0 Å². The Labute approximate surface area is 256 Å². The van der Waals surface area contributed by atoms with Crippen molar-refractivity contribution in [3.8, 4) is 5.75 Å². The zero-order chi connectivity index (χ0) is 32.0. The second kappa shape index (κ2) is 13.5. The van der Waals surface area contributed by atoms with E-state index in [4.69, 9.17) is 9.47 Å². The Bertz CT molecular complexity index is 1490. The van der Waals surface area contributed by atoms with Gasteiger partial charge in [0.25, 0.3) is 5.91 Å². The van der Waals surface area contributed by atoms with Gasteiger partial charge in [0.05, 0.1) is 6.54 Å². The Morgan fingerprint density at radius 1 is 0.864 bits per heavy atom. The smallest absolute Gasteiger partial charge is 0.408 e. The van der Waals surface area contributed by atoms with Crippen LogP contribution >= 0.6 is 0 Å². The molecule has 230 valence electrons. The molecular weight excluding hydrogens is 562 g/mol. The Kier molecular flexibility index (Phi) is 9.73. The molecule has 1 heterocycles. The number of likely N-dealkylation sites (tertiary alicyclic amines) is 1. The first kappa shape index (κ1) is 31.8. The van der Waals surface area contributed by atoms with Crippen LogP contribution in [-0.4, -0.2) is 52.1 Å². The maximum Gasteiger partial charge on any atom is 0.408 e. The summed E-state index contributed by atoms with van der Waals surface area (Å²) in [5.41, 5.74) is 1.79. The van der Waals surface area contributed by atoms with E-state index < -0.39 is 47.7 Å². The molecule has 1 aliphatic heterocycles. The molecule has 0 radical (unpaired) electrons. The largest absolute Gasteiger partial charge is 0.508 e. The van der Waals surface area contributed by atoms with Crippen LogP contribution in [0, 0.1) is 0 Å². The van der Waals surface area contributed by atoms with E-state index in [0.29, 0.717) is 11.1 Å². The van der Waals surface area contributed by atoms with Crippen LogP contribution < -0.4 is 10.6 Å². The lowest BCUT2D eigenvalue weighted by atomic mass is 10.0. The number of rotatable bonds is 9. The molecule has 44 heavy (non-hydrogen) atoms. The number of phenols is 1. The molecule has 0 aromatic heterocycles. The number of hydrogen-bond donors (Lipinski definition) is 3. The summed E-state index contributed by atoms with van der Waals surface area (Å²) in [5.74, 6) is -1.84. The molecule has 3 aromatic carbocycles. The lowest BCUT2D eigenvalue weighted by Gasteiger charge is -2.40. The predicted molar refractivity (Wildman–Crippen MR) is 163 cm³/mol.